The zero-order chi connectivity index (χ0) is 21.2. The van der Waals surface area contributed by atoms with Gasteiger partial charge in [-0.05, 0) is 45.9 Å². The molecule has 152 valence electrons. The van der Waals surface area contributed by atoms with Crippen molar-refractivity contribution < 1.29 is 19.4 Å². The minimum Gasteiger partial charge on any atom is -0.480 e. The Labute approximate surface area is 166 Å². The third-order valence-corrected chi connectivity index (χ3v) is 3.66. The number of aliphatic carboxylic acids is 1. The molecule has 0 aliphatic rings. The first kappa shape index (κ1) is 23.2. The third kappa shape index (κ3) is 8.68. The molecule has 1 amide bonds. The Bertz CT molecular complexity index is 688. The lowest BCUT2D eigenvalue weighted by Crippen LogP contribution is -2.41. The molecule has 0 spiro atoms. The Hall–Kier alpha value is -2.86. The lowest BCUT2D eigenvalue weighted by atomic mass is 9.99. The summed E-state index contributed by atoms with van der Waals surface area (Å²) in [6.45, 7) is 6.49. The van der Waals surface area contributed by atoms with Crippen molar-refractivity contribution in [2.75, 3.05) is 7.05 Å². The van der Waals surface area contributed by atoms with Crippen molar-refractivity contribution in [3.63, 3.8) is 0 Å². The van der Waals surface area contributed by atoms with Crippen LogP contribution in [-0.4, -0.2) is 35.9 Å². The van der Waals surface area contributed by atoms with Gasteiger partial charge in [0.25, 0.3) is 0 Å². The highest BCUT2D eigenvalue weighted by Crippen LogP contribution is 2.20. The first-order chi connectivity index (χ1) is 13.1. The van der Waals surface area contributed by atoms with E-state index in [0.717, 1.165) is 0 Å². The van der Waals surface area contributed by atoms with Gasteiger partial charge in [-0.1, -0.05) is 60.7 Å². The number of ether oxygens (including phenoxy) is 1. The van der Waals surface area contributed by atoms with Crippen LogP contribution in [0.3, 0.4) is 0 Å². The molecule has 0 saturated heterocycles. The quantitative estimate of drug-likeness (QED) is 0.723. The van der Waals surface area contributed by atoms with Gasteiger partial charge in [0.1, 0.15) is 11.6 Å². The van der Waals surface area contributed by atoms with Crippen molar-refractivity contribution in [3.8, 4) is 0 Å². The molecular formula is C22H30N2O4. The first-order valence-corrected chi connectivity index (χ1v) is 9.13. The van der Waals surface area contributed by atoms with Crippen LogP contribution in [0.25, 0.3) is 0 Å². The zero-order valence-electron chi connectivity index (χ0n) is 17.1. The molecule has 0 aromatic heterocycles. The number of carbonyl (C=O) groups excluding carboxylic acids is 1. The molecule has 28 heavy (non-hydrogen) atoms. The van der Waals surface area contributed by atoms with Crippen molar-refractivity contribution in [2.24, 2.45) is 0 Å². The van der Waals surface area contributed by atoms with E-state index in [1.807, 2.05) is 19.2 Å². The normalized spacial score (nSPS) is 11.8. The molecule has 2 aromatic carbocycles. The summed E-state index contributed by atoms with van der Waals surface area (Å²) in [5.41, 5.74) is 1.99. The van der Waals surface area contributed by atoms with Crippen LogP contribution in [0, 0.1) is 0 Å². The van der Waals surface area contributed by atoms with Gasteiger partial charge >= 0.3 is 12.1 Å². The van der Waals surface area contributed by atoms with Crippen molar-refractivity contribution >= 4 is 12.1 Å². The predicted molar refractivity (Wildman–Crippen MR) is 110 cm³/mol. The topological polar surface area (TPSA) is 87.7 Å². The molecule has 1 atom stereocenters. The van der Waals surface area contributed by atoms with Gasteiger partial charge in [0.05, 0.1) is 6.04 Å². The van der Waals surface area contributed by atoms with Crippen molar-refractivity contribution in [3.05, 3.63) is 71.8 Å². The van der Waals surface area contributed by atoms with Crippen molar-refractivity contribution in [1.29, 1.82) is 0 Å². The number of rotatable bonds is 5. The Kier molecular flexibility index (Phi) is 9.18. The average Bonchev–Trinajstić information content (AvgIpc) is 2.63. The largest absolute Gasteiger partial charge is 0.480 e. The second-order valence-electron chi connectivity index (χ2n) is 7.25. The molecule has 0 bridgehead atoms. The van der Waals surface area contributed by atoms with Gasteiger partial charge in [0, 0.05) is 0 Å². The maximum atomic E-state index is 11.0. The molecule has 0 fully saturated rings. The van der Waals surface area contributed by atoms with E-state index in [0.29, 0.717) is 0 Å². The smallest absolute Gasteiger partial charge is 0.408 e. The second kappa shape index (κ2) is 11.1. The molecule has 0 aliphatic carbocycles. The monoisotopic (exact) mass is 386 g/mol. The van der Waals surface area contributed by atoms with E-state index >= 15 is 0 Å². The van der Waals surface area contributed by atoms with E-state index in [2.05, 4.69) is 59.2 Å². The number of amides is 1. The SMILES string of the molecule is CNC(c1ccccc1)c1ccccc1.C[C@H](NC(=O)OC(C)(C)C)C(=O)O. The van der Waals surface area contributed by atoms with Crippen LogP contribution in [0.5, 0.6) is 0 Å². The molecular weight excluding hydrogens is 356 g/mol. The number of hydrogen-bond acceptors (Lipinski definition) is 4. The summed E-state index contributed by atoms with van der Waals surface area (Å²) in [7, 11) is 1.99. The van der Waals surface area contributed by atoms with Crippen LogP contribution in [-0.2, 0) is 9.53 Å². The summed E-state index contributed by atoms with van der Waals surface area (Å²) in [5, 5.41) is 14.0. The number of nitrogens with one attached hydrogen (secondary N) is 2. The molecule has 6 heteroatoms. The fourth-order valence-electron chi connectivity index (χ4n) is 2.36. The first-order valence-electron chi connectivity index (χ1n) is 9.13. The van der Waals surface area contributed by atoms with Gasteiger partial charge in [-0.2, -0.15) is 0 Å². The second-order valence-corrected chi connectivity index (χ2v) is 7.25. The van der Waals surface area contributed by atoms with E-state index < -0.39 is 23.7 Å². The molecule has 0 saturated carbocycles. The molecule has 3 N–H and O–H groups in total. The molecule has 0 unspecified atom stereocenters. The van der Waals surface area contributed by atoms with Crippen LogP contribution >= 0.6 is 0 Å². The molecule has 2 rings (SSSR count). The fourth-order valence-corrected chi connectivity index (χ4v) is 2.36. The number of carboxylic acids is 1. The summed E-state index contributed by atoms with van der Waals surface area (Å²) in [6.07, 6.45) is -0.720. The van der Waals surface area contributed by atoms with Crippen molar-refractivity contribution in [1.82, 2.24) is 10.6 Å². The molecule has 0 heterocycles. The summed E-state index contributed by atoms with van der Waals surface area (Å²) in [6, 6.07) is 20.3. The van der Waals surface area contributed by atoms with Gasteiger partial charge in [0.2, 0.25) is 0 Å². The maximum absolute atomic E-state index is 11.0. The Morgan fingerprint density at radius 3 is 1.68 bits per heavy atom. The van der Waals surface area contributed by atoms with E-state index in [4.69, 9.17) is 9.84 Å². The van der Waals surface area contributed by atoms with Gasteiger partial charge in [0.15, 0.2) is 0 Å². The van der Waals surface area contributed by atoms with E-state index in [9.17, 15) is 9.59 Å². The van der Waals surface area contributed by atoms with Crippen LogP contribution in [0.15, 0.2) is 60.7 Å². The van der Waals surface area contributed by atoms with Gasteiger partial charge < -0.3 is 20.5 Å². The highest BCUT2D eigenvalue weighted by molar-refractivity contribution is 5.79. The minimum absolute atomic E-state index is 0.285. The number of benzene rings is 2. The molecule has 2 aromatic rings. The summed E-state index contributed by atoms with van der Waals surface area (Å²) >= 11 is 0. The molecule has 0 radical (unpaired) electrons. The zero-order valence-corrected chi connectivity index (χ0v) is 17.1. The summed E-state index contributed by atoms with van der Waals surface area (Å²) < 4.78 is 4.85. The number of carboxylic acid groups (broad SMARTS) is 1. The number of carbonyl (C=O) groups is 2. The molecule has 0 aliphatic heterocycles. The Balaban J connectivity index is 0.000000284. The van der Waals surface area contributed by atoms with Gasteiger partial charge in [-0.25, -0.2) is 4.79 Å². The maximum Gasteiger partial charge on any atom is 0.408 e. The highest BCUT2D eigenvalue weighted by atomic mass is 16.6. The van der Waals surface area contributed by atoms with Crippen LogP contribution in [0.1, 0.15) is 44.9 Å². The highest BCUT2D eigenvalue weighted by Gasteiger charge is 2.20. The van der Waals surface area contributed by atoms with Gasteiger partial charge in [-0.15, -0.1) is 0 Å². The standard InChI is InChI=1S/C14H15N.C8H15NO4/c1-15-14(12-8-4-2-5-9-12)13-10-6-3-7-11-13;1-5(6(10)11)9-7(12)13-8(2,3)4/h2-11,14-15H,1H3;5H,1-4H3,(H,9,12)(H,10,11)/t;5-/m.0/s1. The number of alkyl carbamates (subject to hydrolysis) is 1. The third-order valence-electron chi connectivity index (χ3n) is 3.66. The summed E-state index contributed by atoms with van der Waals surface area (Å²) in [5.74, 6) is -1.09. The van der Waals surface area contributed by atoms with E-state index in [1.54, 1.807) is 20.8 Å². The van der Waals surface area contributed by atoms with Crippen LogP contribution in [0.4, 0.5) is 4.79 Å². The summed E-state index contributed by atoms with van der Waals surface area (Å²) in [4.78, 5) is 21.3. The Morgan fingerprint density at radius 2 is 1.36 bits per heavy atom. The predicted octanol–water partition coefficient (Wildman–Crippen LogP) is 3.98. The van der Waals surface area contributed by atoms with E-state index in [-0.39, 0.29) is 6.04 Å². The van der Waals surface area contributed by atoms with Crippen LogP contribution < -0.4 is 10.6 Å². The fraction of sp³-hybridized carbons (Fsp3) is 0.364. The molecule has 6 nitrogen and oxygen atoms in total. The number of hydrogen-bond donors (Lipinski definition) is 3. The average molecular weight is 386 g/mol. The lowest BCUT2D eigenvalue weighted by molar-refractivity contribution is -0.139. The van der Waals surface area contributed by atoms with Crippen molar-refractivity contribution in [2.45, 2.75) is 45.4 Å². The Morgan fingerprint density at radius 1 is 0.929 bits per heavy atom. The van der Waals surface area contributed by atoms with E-state index in [1.165, 1.54) is 18.1 Å². The van der Waals surface area contributed by atoms with Gasteiger partial charge in [-0.3, -0.25) is 4.79 Å². The minimum atomic E-state index is -1.09. The van der Waals surface area contributed by atoms with Crippen LogP contribution in [0.2, 0.25) is 0 Å². The lowest BCUT2D eigenvalue weighted by Gasteiger charge is -2.20.